The van der Waals surface area contributed by atoms with Crippen LogP contribution in [0.1, 0.15) is 54.3 Å². The Morgan fingerprint density at radius 2 is 2.35 bits per heavy atom. The van der Waals surface area contributed by atoms with Gasteiger partial charge in [-0.15, -0.1) is 5.10 Å². The first-order valence-electron chi connectivity index (χ1n) is 5.89. The number of ether oxygens (including phenoxy) is 1. The Morgan fingerprint density at radius 3 is 2.88 bits per heavy atom. The summed E-state index contributed by atoms with van der Waals surface area (Å²) >= 11 is 0. The molecular weight excluding hydrogens is 220 g/mol. The highest BCUT2D eigenvalue weighted by molar-refractivity contribution is 5.92. The van der Waals surface area contributed by atoms with E-state index in [1.54, 1.807) is 7.11 Å². The largest absolute Gasteiger partial charge is 0.385 e. The normalized spacial score (nSPS) is 17.1. The Morgan fingerprint density at radius 1 is 1.65 bits per heavy atom. The van der Waals surface area contributed by atoms with Crippen molar-refractivity contribution < 1.29 is 9.53 Å². The van der Waals surface area contributed by atoms with Gasteiger partial charge in [0.2, 0.25) is 0 Å². The predicted molar refractivity (Wildman–Crippen MR) is 61.7 cm³/mol. The van der Waals surface area contributed by atoms with Crippen LogP contribution in [-0.2, 0) is 4.74 Å². The molecule has 1 aliphatic carbocycles. The fourth-order valence-electron chi connectivity index (χ4n) is 1.95. The molecule has 1 atom stereocenters. The Labute approximate surface area is 100 Å². The molecule has 1 aromatic heterocycles. The van der Waals surface area contributed by atoms with E-state index >= 15 is 0 Å². The SMILES string of the molecule is COCCC(C)n1nnc(C(N)=O)c1C1CC1. The molecule has 0 aromatic carbocycles. The van der Waals surface area contributed by atoms with Gasteiger partial charge >= 0.3 is 0 Å². The highest BCUT2D eigenvalue weighted by Gasteiger charge is 2.34. The van der Waals surface area contributed by atoms with Crippen LogP contribution in [-0.4, -0.2) is 34.6 Å². The molecule has 0 spiro atoms. The van der Waals surface area contributed by atoms with E-state index in [1.807, 2.05) is 11.6 Å². The number of amides is 1. The summed E-state index contributed by atoms with van der Waals surface area (Å²) in [6, 6.07) is 0.172. The number of primary amides is 1. The van der Waals surface area contributed by atoms with E-state index < -0.39 is 5.91 Å². The Bertz CT molecular complexity index is 412. The lowest BCUT2D eigenvalue weighted by Gasteiger charge is -2.14. The van der Waals surface area contributed by atoms with Gasteiger partial charge in [0.15, 0.2) is 5.69 Å². The first kappa shape index (κ1) is 12.0. The summed E-state index contributed by atoms with van der Waals surface area (Å²) in [5, 5.41) is 7.97. The van der Waals surface area contributed by atoms with Crippen molar-refractivity contribution in [2.24, 2.45) is 5.73 Å². The second kappa shape index (κ2) is 4.83. The zero-order chi connectivity index (χ0) is 12.4. The molecule has 1 saturated carbocycles. The van der Waals surface area contributed by atoms with E-state index in [9.17, 15) is 4.79 Å². The van der Waals surface area contributed by atoms with Crippen LogP contribution in [0.2, 0.25) is 0 Å². The van der Waals surface area contributed by atoms with Crippen LogP contribution in [0.25, 0.3) is 0 Å². The van der Waals surface area contributed by atoms with Crippen molar-refractivity contribution in [2.75, 3.05) is 13.7 Å². The molecule has 1 fully saturated rings. The highest BCUT2D eigenvalue weighted by Crippen LogP contribution is 2.42. The van der Waals surface area contributed by atoms with Gasteiger partial charge in [-0.25, -0.2) is 4.68 Å². The van der Waals surface area contributed by atoms with Crippen molar-refractivity contribution in [3.63, 3.8) is 0 Å². The summed E-state index contributed by atoms with van der Waals surface area (Å²) < 4.78 is 6.88. The molecule has 1 unspecified atom stereocenters. The van der Waals surface area contributed by atoms with Gasteiger partial charge in [-0.2, -0.15) is 0 Å². The summed E-state index contributed by atoms with van der Waals surface area (Å²) in [5.74, 6) is -0.0883. The second-order valence-electron chi connectivity index (χ2n) is 4.54. The van der Waals surface area contributed by atoms with Crippen molar-refractivity contribution in [3.8, 4) is 0 Å². The summed E-state index contributed by atoms with van der Waals surface area (Å²) in [6.45, 7) is 2.71. The van der Waals surface area contributed by atoms with Gasteiger partial charge in [0.25, 0.3) is 5.91 Å². The molecule has 0 saturated heterocycles. The number of aromatic nitrogens is 3. The van der Waals surface area contributed by atoms with Crippen molar-refractivity contribution in [1.29, 1.82) is 0 Å². The minimum Gasteiger partial charge on any atom is -0.385 e. The molecule has 1 aliphatic rings. The third-order valence-corrected chi connectivity index (χ3v) is 3.09. The lowest BCUT2D eigenvalue weighted by Crippen LogP contribution is -2.17. The summed E-state index contributed by atoms with van der Waals surface area (Å²) in [4.78, 5) is 11.3. The predicted octanol–water partition coefficient (Wildman–Crippen LogP) is 0.852. The fraction of sp³-hybridized carbons (Fsp3) is 0.727. The van der Waals surface area contributed by atoms with Crippen LogP contribution < -0.4 is 5.73 Å². The molecule has 0 aliphatic heterocycles. The molecule has 0 radical (unpaired) electrons. The third-order valence-electron chi connectivity index (χ3n) is 3.09. The molecule has 1 amide bonds. The molecule has 1 heterocycles. The van der Waals surface area contributed by atoms with Crippen molar-refractivity contribution in [2.45, 2.75) is 38.1 Å². The maximum atomic E-state index is 11.3. The Balaban J connectivity index is 2.24. The summed E-state index contributed by atoms with van der Waals surface area (Å²) in [6.07, 6.45) is 3.02. The van der Waals surface area contributed by atoms with Crippen LogP contribution in [0.15, 0.2) is 0 Å². The molecule has 6 nitrogen and oxygen atoms in total. The summed E-state index contributed by atoms with van der Waals surface area (Å²) in [5.41, 5.74) is 6.55. The van der Waals surface area contributed by atoms with E-state index in [0.717, 1.165) is 25.0 Å². The van der Waals surface area contributed by atoms with E-state index in [2.05, 4.69) is 10.3 Å². The number of methoxy groups -OCH3 is 1. The van der Waals surface area contributed by atoms with Gasteiger partial charge in [-0.05, 0) is 26.2 Å². The quantitative estimate of drug-likeness (QED) is 0.796. The topological polar surface area (TPSA) is 83.0 Å². The van der Waals surface area contributed by atoms with Crippen molar-refractivity contribution >= 4 is 5.91 Å². The number of hydrogen-bond acceptors (Lipinski definition) is 4. The number of nitrogens with zero attached hydrogens (tertiary/aromatic N) is 3. The molecule has 1 aromatic rings. The second-order valence-corrected chi connectivity index (χ2v) is 4.54. The minimum absolute atomic E-state index is 0.172. The van der Waals surface area contributed by atoms with Gasteiger partial charge in [0.1, 0.15) is 0 Å². The standard InChI is InChI=1S/C11H18N4O2/c1-7(5-6-17-2)15-10(8-3-4-8)9(11(12)16)13-14-15/h7-8H,3-6H2,1-2H3,(H2,12,16). The van der Waals surface area contributed by atoms with Crippen LogP contribution in [0.4, 0.5) is 0 Å². The van der Waals surface area contributed by atoms with E-state index in [-0.39, 0.29) is 6.04 Å². The average molecular weight is 238 g/mol. The number of nitrogens with two attached hydrogens (primary N) is 1. The van der Waals surface area contributed by atoms with Gasteiger partial charge in [0.05, 0.1) is 11.7 Å². The van der Waals surface area contributed by atoms with Crippen LogP contribution in [0, 0.1) is 0 Å². The van der Waals surface area contributed by atoms with Gasteiger partial charge < -0.3 is 10.5 Å². The van der Waals surface area contributed by atoms with Crippen LogP contribution >= 0.6 is 0 Å². The van der Waals surface area contributed by atoms with Crippen LogP contribution in [0.5, 0.6) is 0 Å². The highest BCUT2D eigenvalue weighted by atomic mass is 16.5. The number of carbonyl (C=O) groups excluding carboxylic acids is 1. The molecule has 17 heavy (non-hydrogen) atoms. The van der Waals surface area contributed by atoms with Gasteiger partial charge in [0, 0.05) is 19.6 Å². The maximum absolute atomic E-state index is 11.3. The minimum atomic E-state index is -0.489. The van der Waals surface area contributed by atoms with Crippen LogP contribution in [0.3, 0.4) is 0 Å². The average Bonchev–Trinajstić information content (AvgIpc) is 3.04. The lowest BCUT2D eigenvalue weighted by atomic mass is 10.2. The Hall–Kier alpha value is -1.43. The molecule has 6 heteroatoms. The monoisotopic (exact) mass is 238 g/mol. The number of carbonyl (C=O) groups is 1. The molecule has 0 bridgehead atoms. The zero-order valence-electron chi connectivity index (χ0n) is 10.2. The fourth-order valence-corrected chi connectivity index (χ4v) is 1.95. The zero-order valence-corrected chi connectivity index (χ0v) is 10.2. The molecule has 2 rings (SSSR count). The molecule has 94 valence electrons. The third kappa shape index (κ3) is 2.46. The first-order valence-corrected chi connectivity index (χ1v) is 5.89. The number of hydrogen-bond donors (Lipinski definition) is 1. The Kier molecular flexibility index (Phi) is 3.42. The van der Waals surface area contributed by atoms with Gasteiger partial charge in [-0.1, -0.05) is 5.21 Å². The molecule has 2 N–H and O–H groups in total. The first-order chi connectivity index (χ1) is 8.15. The number of rotatable bonds is 6. The smallest absolute Gasteiger partial charge is 0.271 e. The lowest BCUT2D eigenvalue weighted by molar-refractivity contribution is 0.0994. The summed E-state index contributed by atoms with van der Waals surface area (Å²) in [7, 11) is 1.67. The van der Waals surface area contributed by atoms with E-state index in [1.165, 1.54) is 0 Å². The van der Waals surface area contributed by atoms with Gasteiger partial charge in [-0.3, -0.25) is 4.79 Å². The van der Waals surface area contributed by atoms with E-state index in [4.69, 9.17) is 10.5 Å². The van der Waals surface area contributed by atoms with E-state index in [0.29, 0.717) is 18.2 Å². The van der Waals surface area contributed by atoms with Crippen molar-refractivity contribution in [1.82, 2.24) is 15.0 Å². The maximum Gasteiger partial charge on any atom is 0.271 e. The molecular formula is C11H18N4O2. The van der Waals surface area contributed by atoms with Crippen molar-refractivity contribution in [3.05, 3.63) is 11.4 Å².